The first-order valence-electron chi connectivity index (χ1n) is 3.18. The molecule has 1 heterocycles. The summed E-state index contributed by atoms with van der Waals surface area (Å²) in [7, 11) is 0. The highest BCUT2D eigenvalue weighted by Crippen LogP contribution is 1.98. The van der Waals surface area contributed by atoms with E-state index >= 15 is 0 Å². The lowest BCUT2D eigenvalue weighted by Gasteiger charge is -1.95. The average molecular weight is 134 g/mol. The normalized spacial score (nSPS) is 9.30. The lowest BCUT2D eigenvalue weighted by molar-refractivity contribution is 1.02. The lowest BCUT2D eigenvalue weighted by Crippen LogP contribution is -1.89. The van der Waals surface area contributed by atoms with Gasteiger partial charge in [0, 0.05) is 25.0 Å². The fourth-order valence-electron chi connectivity index (χ4n) is 0.730. The minimum absolute atomic E-state index is 0.827. The van der Waals surface area contributed by atoms with Crippen LogP contribution in [0.1, 0.15) is 12.6 Å². The molecule has 0 aliphatic heterocycles. The Balaban J connectivity index is 2.67. The second kappa shape index (κ2) is 3.11. The van der Waals surface area contributed by atoms with Gasteiger partial charge in [0.15, 0.2) is 0 Å². The molecule has 0 radical (unpaired) electrons. The number of aromatic nitrogens is 2. The second-order valence-electron chi connectivity index (χ2n) is 2.33. The summed E-state index contributed by atoms with van der Waals surface area (Å²) in [6.45, 7) is 5.76. The Labute approximate surface area is 60.6 Å². The van der Waals surface area contributed by atoms with Gasteiger partial charge in [-0.25, -0.2) is 0 Å². The third kappa shape index (κ3) is 1.97. The van der Waals surface area contributed by atoms with Crippen LogP contribution in [-0.4, -0.2) is 9.97 Å². The van der Waals surface area contributed by atoms with Crippen LogP contribution in [0.25, 0.3) is 0 Å². The van der Waals surface area contributed by atoms with Crippen molar-refractivity contribution in [3.63, 3.8) is 0 Å². The lowest BCUT2D eigenvalue weighted by atomic mass is 10.2. The summed E-state index contributed by atoms with van der Waals surface area (Å²) in [6, 6.07) is 0. The molecule has 0 aliphatic rings. The van der Waals surface area contributed by atoms with Crippen molar-refractivity contribution in [3.05, 3.63) is 36.4 Å². The summed E-state index contributed by atoms with van der Waals surface area (Å²) < 4.78 is 0. The SMILES string of the molecule is C=C(C)Cc1cnccn1. The van der Waals surface area contributed by atoms with Gasteiger partial charge in [0.2, 0.25) is 0 Å². The molecule has 0 amide bonds. The van der Waals surface area contributed by atoms with Crippen LogP contribution in [0.3, 0.4) is 0 Å². The molecule has 0 aromatic carbocycles. The molecule has 0 atom stereocenters. The Kier molecular flexibility index (Phi) is 2.15. The molecule has 10 heavy (non-hydrogen) atoms. The van der Waals surface area contributed by atoms with Gasteiger partial charge in [-0.05, 0) is 6.92 Å². The number of hydrogen-bond donors (Lipinski definition) is 0. The number of rotatable bonds is 2. The Bertz CT molecular complexity index is 216. The first kappa shape index (κ1) is 6.93. The third-order valence-corrected chi connectivity index (χ3v) is 1.10. The van der Waals surface area contributed by atoms with Gasteiger partial charge in [0.1, 0.15) is 0 Å². The van der Waals surface area contributed by atoms with E-state index in [1.165, 1.54) is 0 Å². The van der Waals surface area contributed by atoms with Crippen LogP contribution in [-0.2, 0) is 6.42 Å². The summed E-state index contributed by atoms with van der Waals surface area (Å²) >= 11 is 0. The molecule has 0 unspecified atom stereocenters. The minimum atomic E-state index is 0.827. The highest BCUT2D eigenvalue weighted by molar-refractivity contribution is 5.06. The molecule has 0 fully saturated rings. The molecule has 0 N–H and O–H groups in total. The summed E-state index contributed by atoms with van der Waals surface area (Å²) in [5.41, 5.74) is 2.09. The van der Waals surface area contributed by atoms with E-state index in [0.29, 0.717) is 0 Å². The monoisotopic (exact) mass is 134 g/mol. The topological polar surface area (TPSA) is 25.8 Å². The third-order valence-electron chi connectivity index (χ3n) is 1.10. The molecule has 0 saturated heterocycles. The summed E-state index contributed by atoms with van der Waals surface area (Å²) in [5, 5.41) is 0. The van der Waals surface area contributed by atoms with Gasteiger partial charge in [-0.1, -0.05) is 12.2 Å². The Morgan fingerprint density at radius 3 is 2.90 bits per heavy atom. The minimum Gasteiger partial charge on any atom is -0.261 e. The standard InChI is InChI=1S/C8H10N2/c1-7(2)5-8-6-9-3-4-10-8/h3-4,6H,1,5H2,2H3. The van der Waals surface area contributed by atoms with E-state index < -0.39 is 0 Å². The van der Waals surface area contributed by atoms with Crippen LogP contribution in [0.2, 0.25) is 0 Å². The molecule has 0 spiro atoms. The van der Waals surface area contributed by atoms with E-state index in [1.807, 2.05) is 6.92 Å². The average Bonchev–Trinajstić information content (AvgIpc) is 1.88. The zero-order valence-electron chi connectivity index (χ0n) is 6.04. The van der Waals surface area contributed by atoms with Gasteiger partial charge in [0.25, 0.3) is 0 Å². The van der Waals surface area contributed by atoms with Crippen molar-refractivity contribution >= 4 is 0 Å². The van der Waals surface area contributed by atoms with Crippen LogP contribution in [0.5, 0.6) is 0 Å². The van der Waals surface area contributed by atoms with E-state index in [2.05, 4.69) is 16.5 Å². The number of allylic oxidation sites excluding steroid dienone is 1. The van der Waals surface area contributed by atoms with Gasteiger partial charge in [0.05, 0.1) is 5.69 Å². The zero-order chi connectivity index (χ0) is 7.40. The molecule has 2 nitrogen and oxygen atoms in total. The largest absolute Gasteiger partial charge is 0.261 e. The predicted molar refractivity (Wildman–Crippen MR) is 40.6 cm³/mol. The first-order chi connectivity index (χ1) is 4.79. The molecule has 52 valence electrons. The van der Waals surface area contributed by atoms with E-state index in [0.717, 1.165) is 17.7 Å². The van der Waals surface area contributed by atoms with Crippen molar-refractivity contribution in [2.24, 2.45) is 0 Å². The Morgan fingerprint density at radius 2 is 2.40 bits per heavy atom. The maximum absolute atomic E-state index is 4.10. The molecule has 0 aliphatic carbocycles. The number of hydrogen-bond acceptors (Lipinski definition) is 2. The zero-order valence-corrected chi connectivity index (χ0v) is 6.04. The van der Waals surface area contributed by atoms with Crippen LogP contribution >= 0.6 is 0 Å². The smallest absolute Gasteiger partial charge is 0.0626 e. The van der Waals surface area contributed by atoms with Gasteiger partial charge in [-0.2, -0.15) is 0 Å². The second-order valence-corrected chi connectivity index (χ2v) is 2.33. The summed E-state index contributed by atoms with van der Waals surface area (Å²) in [5.74, 6) is 0. The summed E-state index contributed by atoms with van der Waals surface area (Å²) in [6.07, 6.45) is 5.95. The fraction of sp³-hybridized carbons (Fsp3) is 0.250. The molecule has 1 rings (SSSR count). The van der Waals surface area contributed by atoms with Crippen LogP contribution < -0.4 is 0 Å². The van der Waals surface area contributed by atoms with Crippen molar-refractivity contribution in [3.8, 4) is 0 Å². The molecule has 1 aromatic heterocycles. The Hall–Kier alpha value is -1.18. The molecule has 1 aromatic rings. The fourth-order valence-corrected chi connectivity index (χ4v) is 0.730. The van der Waals surface area contributed by atoms with Crippen LogP contribution in [0.4, 0.5) is 0 Å². The number of nitrogens with zero attached hydrogens (tertiary/aromatic N) is 2. The van der Waals surface area contributed by atoms with Crippen molar-refractivity contribution in [2.45, 2.75) is 13.3 Å². The van der Waals surface area contributed by atoms with Crippen molar-refractivity contribution in [1.82, 2.24) is 9.97 Å². The first-order valence-corrected chi connectivity index (χ1v) is 3.18. The molecular weight excluding hydrogens is 124 g/mol. The highest BCUT2D eigenvalue weighted by Gasteiger charge is 1.91. The van der Waals surface area contributed by atoms with Crippen molar-refractivity contribution in [1.29, 1.82) is 0 Å². The van der Waals surface area contributed by atoms with Gasteiger partial charge < -0.3 is 0 Å². The maximum Gasteiger partial charge on any atom is 0.0626 e. The predicted octanol–water partition coefficient (Wildman–Crippen LogP) is 1.60. The molecule has 0 saturated carbocycles. The van der Waals surface area contributed by atoms with Crippen LogP contribution in [0.15, 0.2) is 30.7 Å². The van der Waals surface area contributed by atoms with E-state index in [-0.39, 0.29) is 0 Å². The van der Waals surface area contributed by atoms with Gasteiger partial charge >= 0.3 is 0 Å². The van der Waals surface area contributed by atoms with E-state index in [9.17, 15) is 0 Å². The van der Waals surface area contributed by atoms with Crippen molar-refractivity contribution in [2.75, 3.05) is 0 Å². The van der Waals surface area contributed by atoms with E-state index in [1.54, 1.807) is 18.6 Å². The van der Waals surface area contributed by atoms with Gasteiger partial charge in [-0.3, -0.25) is 9.97 Å². The van der Waals surface area contributed by atoms with Gasteiger partial charge in [-0.15, -0.1) is 0 Å². The summed E-state index contributed by atoms with van der Waals surface area (Å²) in [4.78, 5) is 8.03. The molecular formula is C8H10N2. The maximum atomic E-state index is 4.10. The quantitative estimate of drug-likeness (QED) is 0.574. The van der Waals surface area contributed by atoms with Crippen LogP contribution in [0, 0.1) is 0 Å². The van der Waals surface area contributed by atoms with E-state index in [4.69, 9.17) is 0 Å². The highest BCUT2D eigenvalue weighted by atomic mass is 14.8. The Morgan fingerprint density at radius 1 is 1.60 bits per heavy atom. The molecule has 2 heteroatoms. The molecule has 0 bridgehead atoms. The van der Waals surface area contributed by atoms with Crippen molar-refractivity contribution < 1.29 is 0 Å².